The average molecular weight is 515 g/mol. The Labute approximate surface area is 218 Å². The molecule has 0 spiro atoms. The number of phenolic OH excluding ortho intramolecular Hbond substituents is 1. The summed E-state index contributed by atoms with van der Waals surface area (Å²) in [6, 6.07) is 11.2. The number of allylic oxidation sites excluding steroid dienone is 1. The molecule has 0 saturated carbocycles. The Balaban J connectivity index is 1.68. The molecule has 0 unspecified atom stereocenters. The number of ketones is 2. The second-order valence-electron chi connectivity index (χ2n) is 10.1. The van der Waals surface area contributed by atoms with E-state index in [2.05, 4.69) is 11.8 Å². The molecule has 2 aromatic rings. The first-order chi connectivity index (χ1) is 18.0. The van der Waals surface area contributed by atoms with Gasteiger partial charge in [0, 0.05) is 22.6 Å². The summed E-state index contributed by atoms with van der Waals surface area (Å²) in [5.41, 5.74) is 3.37. The maximum atomic E-state index is 13.7. The lowest BCUT2D eigenvalue weighted by Gasteiger charge is -2.50. The van der Waals surface area contributed by atoms with E-state index in [1.807, 2.05) is 30.3 Å². The monoisotopic (exact) mass is 514 g/mol. The third kappa shape index (κ3) is 3.53. The van der Waals surface area contributed by atoms with Crippen LogP contribution in [0.2, 0.25) is 0 Å². The lowest BCUT2D eigenvalue weighted by molar-refractivity contribution is -0.148. The number of fused-ring (bicyclic) bond motifs is 3. The number of aromatic hydroxyl groups is 1. The molecule has 5 rings (SSSR count). The van der Waals surface area contributed by atoms with Crippen molar-refractivity contribution >= 4 is 17.5 Å². The number of carbonyl (C=O) groups excluding carboxylic acids is 3. The first-order valence-electron chi connectivity index (χ1n) is 12.0. The Morgan fingerprint density at radius 2 is 1.74 bits per heavy atom. The van der Waals surface area contributed by atoms with Gasteiger partial charge in [0.05, 0.1) is 11.6 Å². The second kappa shape index (κ2) is 8.87. The van der Waals surface area contributed by atoms with Crippen molar-refractivity contribution in [1.29, 1.82) is 0 Å². The molecule has 0 aromatic heterocycles. The SMILES string of the molecule is CN(C)[C@H]1C(O)=C(C(N)=O)C(=O)[C@@]2(O)C(O)=C3C(=O)c4c(O)ccc(C#Cc5ccccc5)c4C[C@H]3C[C@@H]12. The van der Waals surface area contributed by atoms with Gasteiger partial charge in [-0.1, -0.05) is 30.0 Å². The van der Waals surface area contributed by atoms with Crippen LogP contribution < -0.4 is 5.73 Å². The summed E-state index contributed by atoms with van der Waals surface area (Å²) in [4.78, 5) is 40.6. The van der Waals surface area contributed by atoms with E-state index in [0.29, 0.717) is 11.1 Å². The van der Waals surface area contributed by atoms with Crippen molar-refractivity contribution in [2.45, 2.75) is 24.5 Å². The van der Waals surface area contributed by atoms with Crippen LogP contribution in [0.1, 0.15) is 33.5 Å². The molecule has 0 heterocycles. The highest BCUT2D eigenvalue weighted by molar-refractivity contribution is 6.24. The number of hydrogen-bond donors (Lipinski definition) is 5. The van der Waals surface area contributed by atoms with E-state index >= 15 is 0 Å². The molecule has 3 aliphatic rings. The molecule has 9 heteroatoms. The predicted molar refractivity (Wildman–Crippen MR) is 136 cm³/mol. The topological polar surface area (TPSA) is 161 Å². The highest BCUT2D eigenvalue weighted by Crippen LogP contribution is 2.52. The molecular formula is C29H26N2O7. The molecule has 0 bridgehead atoms. The van der Waals surface area contributed by atoms with Crippen molar-refractivity contribution in [3.8, 4) is 17.6 Å². The minimum atomic E-state index is -2.66. The van der Waals surface area contributed by atoms with E-state index in [0.717, 1.165) is 5.56 Å². The van der Waals surface area contributed by atoms with Crippen LogP contribution in [-0.4, -0.2) is 68.5 Å². The first-order valence-corrected chi connectivity index (χ1v) is 12.0. The number of phenols is 1. The van der Waals surface area contributed by atoms with Gasteiger partial charge < -0.3 is 26.2 Å². The molecule has 0 fully saturated rings. The van der Waals surface area contributed by atoms with Gasteiger partial charge in [0.15, 0.2) is 11.4 Å². The van der Waals surface area contributed by atoms with Gasteiger partial charge in [0.25, 0.3) is 5.91 Å². The second-order valence-corrected chi connectivity index (χ2v) is 10.1. The van der Waals surface area contributed by atoms with Crippen LogP contribution in [0.5, 0.6) is 5.75 Å². The molecule has 0 radical (unpaired) electrons. The van der Waals surface area contributed by atoms with Gasteiger partial charge in [-0.3, -0.25) is 19.3 Å². The van der Waals surface area contributed by atoms with Crippen LogP contribution in [0.3, 0.4) is 0 Å². The minimum Gasteiger partial charge on any atom is -0.510 e. The van der Waals surface area contributed by atoms with Gasteiger partial charge in [0.2, 0.25) is 5.78 Å². The van der Waals surface area contributed by atoms with E-state index in [9.17, 15) is 34.8 Å². The number of hydrogen-bond acceptors (Lipinski definition) is 8. The lowest BCUT2D eigenvalue weighted by Crippen LogP contribution is -2.63. The molecule has 1 amide bonds. The maximum Gasteiger partial charge on any atom is 0.255 e. The summed E-state index contributed by atoms with van der Waals surface area (Å²) < 4.78 is 0. The van der Waals surface area contributed by atoms with Gasteiger partial charge in [-0.25, -0.2) is 0 Å². The molecule has 4 atom stereocenters. The summed E-state index contributed by atoms with van der Waals surface area (Å²) in [7, 11) is 3.17. The fourth-order valence-corrected chi connectivity index (χ4v) is 6.03. The first kappa shape index (κ1) is 25.3. The van der Waals surface area contributed by atoms with Crippen LogP contribution in [0.4, 0.5) is 0 Å². The number of aliphatic hydroxyl groups is 3. The number of likely N-dealkylation sites (N-methyl/N-ethyl adjacent to an activating group) is 1. The molecule has 194 valence electrons. The van der Waals surface area contributed by atoms with Crippen molar-refractivity contribution < 1.29 is 34.8 Å². The number of amides is 1. The molecule has 3 aliphatic carbocycles. The van der Waals surface area contributed by atoms with E-state index in [1.54, 1.807) is 20.2 Å². The number of Topliss-reactive ketones (excluding diaryl/α,β-unsaturated/α-hetero) is 2. The summed E-state index contributed by atoms with van der Waals surface area (Å²) in [6.45, 7) is 0. The number of benzene rings is 2. The number of nitrogens with two attached hydrogens (primary N) is 1. The van der Waals surface area contributed by atoms with Gasteiger partial charge in [-0.15, -0.1) is 0 Å². The van der Waals surface area contributed by atoms with Crippen molar-refractivity contribution in [3.63, 3.8) is 0 Å². The number of primary amides is 1. The Hall–Kier alpha value is -4.39. The van der Waals surface area contributed by atoms with E-state index in [1.165, 1.54) is 11.0 Å². The van der Waals surface area contributed by atoms with Crippen LogP contribution >= 0.6 is 0 Å². The van der Waals surface area contributed by atoms with Crippen LogP contribution in [0.15, 0.2) is 65.1 Å². The highest BCUT2D eigenvalue weighted by Gasteiger charge is 2.63. The normalized spacial score (nSPS) is 26.4. The van der Waals surface area contributed by atoms with E-state index < -0.39 is 58.0 Å². The Kier molecular flexibility index (Phi) is 5.90. The Morgan fingerprint density at radius 1 is 1.05 bits per heavy atom. The molecule has 6 N–H and O–H groups in total. The quantitative estimate of drug-likeness (QED) is 0.298. The molecule has 9 nitrogen and oxygen atoms in total. The molecule has 2 aromatic carbocycles. The number of aliphatic hydroxyl groups excluding tert-OH is 2. The third-order valence-corrected chi connectivity index (χ3v) is 7.72. The third-order valence-electron chi connectivity index (χ3n) is 7.72. The van der Waals surface area contributed by atoms with Gasteiger partial charge in [-0.2, -0.15) is 0 Å². The maximum absolute atomic E-state index is 13.7. The largest absolute Gasteiger partial charge is 0.510 e. The van der Waals surface area contributed by atoms with Crippen LogP contribution in [0.25, 0.3) is 0 Å². The lowest BCUT2D eigenvalue weighted by atomic mass is 9.58. The van der Waals surface area contributed by atoms with E-state index in [4.69, 9.17) is 5.73 Å². The minimum absolute atomic E-state index is 0.0208. The smallest absolute Gasteiger partial charge is 0.255 e. The number of carbonyl (C=O) groups is 3. The van der Waals surface area contributed by atoms with Crippen LogP contribution in [0, 0.1) is 23.7 Å². The standard InChI is InChI=1S/C29H26N2O7/c1-31(2)23-18-13-16-12-17-15(9-8-14-6-4-3-5-7-14)10-11-19(32)21(17)24(33)20(16)26(35)29(18,38)27(36)22(25(23)34)28(30)37/h3-7,10-11,16,18,23,32,34-35,38H,12-13H2,1-2H3,(H2,30,37)/t16-,18-,23+,29-/m0/s1. The Bertz CT molecular complexity index is 1530. The highest BCUT2D eigenvalue weighted by atomic mass is 16.3. The molecule has 0 aliphatic heterocycles. The van der Waals surface area contributed by atoms with Crippen molar-refractivity contribution in [2.24, 2.45) is 17.6 Å². The Morgan fingerprint density at radius 3 is 2.37 bits per heavy atom. The fraction of sp³-hybridized carbons (Fsp3) is 0.276. The van der Waals surface area contributed by atoms with Crippen molar-refractivity contribution in [2.75, 3.05) is 14.1 Å². The zero-order valence-corrected chi connectivity index (χ0v) is 20.7. The zero-order chi connectivity index (χ0) is 27.5. The van der Waals surface area contributed by atoms with E-state index in [-0.39, 0.29) is 29.7 Å². The fourth-order valence-electron chi connectivity index (χ4n) is 6.03. The number of rotatable bonds is 2. The van der Waals surface area contributed by atoms with Gasteiger partial charge in [-0.05, 0) is 62.7 Å². The van der Waals surface area contributed by atoms with Gasteiger partial charge >= 0.3 is 0 Å². The summed E-state index contributed by atoms with van der Waals surface area (Å²) in [5.74, 6) is -0.698. The van der Waals surface area contributed by atoms with Gasteiger partial charge in [0.1, 0.15) is 22.8 Å². The average Bonchev–Trinajstić information content (AvgIpc) is 2.86. The molecular weight excluding hydrogens is 488 g/mol. The predicted octanol–water partition coefficient (Wildman–Crippen LogP) is 1.52. The van der Waals surface area contributed by atoms with Crippen molar-refractivity contribution in [3.05, 3.63) is 87.4 Å². The summed E-state index contributed by atoms with van der Waals surface area (Å²) >= 11 is 0. The summed E-state index contributed by atoms with van der Waals surface area (Å²) in [5, 5.41) is 44.4. The van der Waals surface area contributed by atoms with Crippen molar-refractivity contribution in [1.82, 2.24) is 4.90 Å². The van der Waals surface area contributed by atoms with Crippen LogP contribution in [-0.2, 0) is 16.0 Å². The number of nitrogens with zero attached hydrogens (tertiary/aromatic N) is 1. The molecule has 38 heavy (non-hydrogen) atoms. The zero-order valence-electron chi connectivity index (χ0n) is 20.7. The molecule has 0 saturated heterocycles. The summed E-state index contributed by atoms with van der Waals surface area (Å²) in [6.07, 6.45) is 0.203.